The van der Waals surface area contributed by atoms with Gasteiger partial charge in [-0.05, 0) is 32.0 Å². The van der Waals surface area contributed by atoms with E-state index in [0.29, 0.717) is 29.6 Å². The third kappa shape index (κ3) is 2.43. The topological polar surface area (TPSA) is 94.4 Å². The minimum atomic E-state index is -0.227. The minimum Gasteiger partial charge on any atom is -0.506 e. The van der Waals surface area contributed by atoms with Crippen LogP contribution in [0.4, 0.5) is 5.69 Å². The molecule has 0 radical (unpaired) electrons. The maximum absolute atomic E-state index is 9.52. The predicted octanol–water partition coefficient (Wildman–Crippen LogP) is 2.12. The first kappa shape index (κ1) is 12.4. The van der Waals surface area contributed by atoms with E-state index in [1.54, 1.807) is 12.1 Å². The van der Waals surface area contributed by atoms with Crippen molar-refractivity contribution in [1.82, 2.24) is 10.1 Å². The molecule has 18 heavy (non-hydrogen) atoms. The van der Waals surface area contributed by atoms with Crippen LogP contribution in [-0.2, 0) is 4.74 Å². The quantitative estimate of drug-likeness (QED) is 0.636. The fraction of sp³-hybridized carbons (Fsp3) is 0.333. The molecular weight excluding hydrogens is 234 g/mol. The van der Waals surface area contributed by atoms with E-state index in [9.17, 15) is 5.11 Å². The van der Waals surface area contributed by atoms with Crippen molar-refractivity contribution >= 4 is 5.69 Å². The molecule has 0 aliphatic rings. The van der Waals surface area contributed by atoms with Crippen molar-refractivity contribution in [3.63, 3.8) is 0 Å². The molecule has 96 valence electrons. The van der Waals surface area contributed by atoms with Gasteiger partial charge in [0, 0.05) is 12.2 Å². The molecule has 2 rings (SSSR count). The van der Waals surface area contributed by atoms with Gasteiger partial charge in [0.1, 0.15) is 11.9 Å². The normalized spacial score (nSPS) is 12.6. The third-order valence-electron chi connectivity index (χ3n) is 2.50. The summed E-state index contributed by atoms with van der Waals surface area (Å²) in [6, 6.07) is 4.77. The van der Waals surface area contributed by atoms with Crippen LogP contribution in [0.1, 0.15) is 25.8 Å². The van der Waals surface area contributed by atoms with Crippen LogP contribution in [0.15, 0.2) is 22.7 Å². The van der Waals surface area contributed by atoms with Crippen molar-refractivity contribution in [2.24, 2.45) is 0 Å². The number of hydrogen-bond acceptors (Lipinski definition) is 6. The van der Waals surface area contributed by atoms with Gasteiger partial charge < -0.3 is 20.1 Å². The number of ether oxygens (including phenoxy) is 1. The highest BCUT2D eigenvalue weighted by molar-refractivity contribution is 5.63. The molecule has 0 aliphatic heterocycles. The van der Waals surface area contributed by atoms with E-state index in [1.807, 2.05) is 13.8 Å². The molecule has 1 unspecified atom stereocenters. The maximum Gasteiger partial charge on any atom is 0.258 e. The fourth-order valence-corrected chi connectivity index (χ4v) is 1.52. The van der Waals surface area contributed by atoms with Gasteiger partial charge in [0.05, 0.1) is 5.69 Å². The van der Waals surface area contributed by atoms with E-state index in [1.165, 1.54) is 6.07 Å². The average Bonchev–Trinajstić information content (AvgIpc) is 2.82. The molecule has 0 fully saturated rings. The minimum absolute atomic E-state index is 0.00916. The number of nitrogen functional groups attached to an aromatic ring is 1. The van der Waals surface area contributed by atoms with Crippen LogP contribution in [0.3, 0.4) is 0 Å². The standard InChI is InChI=1S/C12H15N3O3/c1-3-17-7(2)11-14-12(18-15-11)8-4-5-9(13)10(16)6-8/h4-7,16H,3,13H2,1-2H3. The van der Waals surface area contributed by atoms with E-state index in [0.717, 1.165) is 0 Å². The molecular formula is C12H15N3O3. The number of phenolic OH excluding ortho intramolecular Hbond substituents is 1. The molecule has 0 aliphatic carbocycles. The molecule has 3 N–H and O–H groups in total. The highest BCUT2D eigenvalue weighted by Gasteiger charge is 2.15. The second-order valence-corrected chi connectivity index (χ2v) is 3.83. The second kappa shape index (κ2) is 5.05. The van der Waals surface area contributed by atoms with Gasteiger partial charge in [0.2, 0.25) is 5.82 Å². The molecule has 6 nitrogen and oxygen atoms in total. The summed E-state index contributed by atoms with van der Waals surface area (Å²) in [5.74, 6) is 0.792. The lowest BCUT2D eigenvalue weighted by atomic mass is 10.2. The summed E-state index contributed by atoms with van der Waals surface area (Å²) in [5.41, 5.74) is 6.44. The molecule has 0 saturated heterocycles. The number of hydrogen-bond donors (Lipinski definition) is 2. The predicted molar refractivity (Wildman–Crippen MR) is 65.9 cm³/mol. The number of nitrogens with two attached hydrogens (primary N) is 1. The van der Waals surface area contributed by atoms with Crippen LogP contribution in [-0.4, -0.2) is 21.9 Å². The fourth-order valence-electron chi connectivity index (χ4n) is 1.52. The Bertz CT molecular complexity index is 539. The summed E-state index contributed by atoms with van der Waals surface area (Å²) in [7, 11) is 0. The number of aromatic nitrogens is 2. The van der Waals surface area contributed by atoms with Gasteiger partial charge in [-0.15, -0.1) is 0 Å². The number of anilines is 1. The number of aromatic hydroxyl groups is 1. The van der Waals surface area contributed by atoms with E-state index in [4.69, 9.17) is 15.0 Å². The first-order chi connectivity index (χ1) is 8.61. The lowest BCUT2D eigenvalue weighted by molar-refractivity contribution is 0.0683. The first-order valence-corrected chi connectivity index (χ1v) is 5.66. The second-order valence-electron chi connectivity index (χ2n) is 3.83. The third-order valence-corrected chi connectivity index (χ3v) is 2.50. The maximum atomic E-state index is 9.52. The summed E-state index contributed by atoms with van der Waals surface area (Å²) in [6.07, 6.45) is -0.227. The van der Waals surface area contributed by atoms with Crippen LogP contribution in [0.2, 0.25) is 0 Å². The van der Waals surface area contributed by atoms with Crippen LogP contribution >= 0.6 is 0 Å². The first-order valence-electron chi connectivity index (χ1n) is 5.66. The lowest BCUT2D eigenvalue weighted by Crippen LogP contribution is -2.01. The van der Waals surface area contributed by atoms with E-state index in [-0.39, 0.29) is 11.9 Å². The summed E-state index contributed by atoms with van der Waals surface area (Å²) in [4.78, 5) is 4.22. The van der Waals surface area contributed by atoms with Crippen LogP contribution in [0.5, 0.6) is 5.75 Å². The van der Waals surface area contributed by atoms with Crippen LogP contribution in [0, 0.1) is 0 Å². The van der Waals surface area contributed by atoms with Gasteiger partial charge in [-0.1, -0.05) is 5.16 Å². The summed E-state index contributed by atoms with van der Waals surface area (Å²) < 4.78 is 10.5. The molecule has 0 amide bonds. The molecule has 1 aromatic heterocycles. The summed E-state index contributed by atoms with van der Waals surface area (Å²) in [6.45, 7) is 4.32. The highest BCUT2D eigenvalue weighted by atomic mass is 16.5. The zero-order valence-corrected chi connectivity index (χ0v) is 10.3. The summed E-state index contributed by atoms with van der Waals surface area (Å²) in [5, 5.41) is 13.4. The van der Waals surface area contributed by atoms with Crippen molar-refractivity contribution < 1.29 is 14.4 Å². The molecule has 0 saturated carbocycles. The largest absolute Gasteiger partial charge is 0.506 e. The number of nitrogens with zero attached hydrogens (tertiary/aromatic N) is 2. The Kier molecular flexibility index (Phi) is 3.47. The zero-order valence-electron chi connectivity index (χ0n) is 10.3. The Morgan fingerprint density at radius 2 is 2.28 bits per heavy atom. The molecule has 1 atom stereocenters. The molecule has 0 bridgehead atoms. The number of benzene rings is 1. The number of rotatable bonds is 4. The van der Waals surface area contributed by atoms with Crippen LogP contribution in [0.25, 0.3) is 11.5 Å². The van der Waals surface area contributed by atoms with Gasteiger partial charge in [-0.3, -0.25) is 0 Å². The van der Waals surface area contributed by atoms with Crippen molar-refractivity contribution in [3.05, 3.63) is 24.0 Å². The molecule has 2 aromatic rings. The monoisotopic (exact) mass is 249 g/mol. The lowest BCUT2D eigenvalue weighted by Gasteiger charge is -2.04. The highest BCUT2D eigenvalue weighted by Crippen LogP contribution is 2.27. The zero-order chi connectivity index (χ0) is 13.1. The van der Waals surface area contributed by atoms with E-state index in [2.05, 4.69) is 10.1 Å². The Balaban J connectivity index is 2.26. The Morgan fingerprint density at radius 1 is 1.50 bits per heavy atom. The SMILES string of the molecule is CCOC(C)c1noc(-c2ccc(N)c(O)c2)n1. The summed E-state index contributed by atoms with van der Waals surface area (Å²) >= 11 is 0. The Labute approximate surface area is 104 Å². The van der Waals surface area contributed by atoms with Crippen molar-refractivity contribution in [2.45, 2.75) is 20.0 Å². The smallest absolute Gasteiger partial charge is 0.258 e. The molecule has 6 heteroatoms. The average molecular weight is 249 g/mol. The van der Waals surface area contributed by atoms with Crippen molar-refractivity contribution in [2.75, 3.05) is 12.3 Å². The van der Waals surface area contributed by atoms with Gasteiger partial charge >= 0.3 is 0 Å². The van der Waals surface area contributed by atoms with Crippen molar-refractivity contribution in [3.8, 4) is 17.2 Å². The van der Waals surface area contributed by atoms with E-state index < -0.39 is 0 Å². The van der Waals surface area contributed by atoms with Gasteiger partial charge in [0.15, 0.2) is 0 Å². The molecule has 1 aromatic carbocycles. The molecule has 0 spiro atoms. The van der Waals surface area contributed by atoms with Crippen molar-refractivity contribution in [1.29, 1.82) is 0 Å². The van der Waals surface area contributed by atoms with Gasteiger partial charge in [0.25, 0.3) is 5.89 Å². The molecule has 1 heterocycles. The van der Waals surface area contributed by atoms with Crippen LogP contribution < -0.4 is 5.73 Å². The van der Waals surface area contributed by atoms with Gasteiger partial charge in [-0.2, -0.15) is 4.98 Å². The Hall–Kier alpha value is -2.08. The van der Waals surface area contributed by atoms with E-state index >= 15 is 0 Å². The Morgan fingerprint density at radius 3 is 2.94 bits per heavy atom. The van der Waals surface area contributed by atoms with Gasteiger partial charge in [-0.25, -0.2) is 0 Å². The number of phenols is 1.